The van der Waals surface area contributed by atoms with E-state index in [-0.39, 0.29) is 32.0 Å². The normalized spacial score (nSPS) is 11.5. The summed E-state index contributed by atoms with van der Waals surface area (Å²) in [7, 11) is 0. The third-order valence-electron chi connectivity index (χ3n) is 2.36. The number of carbonyl (C=O) groups is 2. The van der Waals surface area contributed by atoms with E-state index in [0.29, 0.717) is 0 Å². The van der Waals surface area contributed by atoms with Crippen LogP contribution in [-0.4, -0.2) is 47.3 Å². The summed E-state index contributed by atoms with van der Waals surface area (Å²) in [6.45, 7) is 3.35. The molecule has 5 nitrogen and oxygen atoms in total. The van der Waals surface area contributed by atoms with E-state index in [1.807, 2.05) is 0 Å². The summed E-state index contributed by atoms with van der Waals surface area (Å²) in [6, 6.07) is -0.764. The van der Waals surface area contributed by atoms with Gasteiger partial charge in [0.25, 0.3) is 0 Å². The van der Waals surface area contributed by atoms with Gasteiger partial charge in [-0.25, -0.2) is 4.79 Å². The molecule has 0 heterocycles. The van der Waals surface area contributed by atoms with E-state index in [1.165, 1.54) is 4.90 Å². The summed E-state index contributed by atoms with van der Waals surface area (Å²) in [5.74, 6) is -1.03. The van der Waals surface area contributed by atoms with Gasteiger partial charge >= 0.3 is 18.2 Å². The third-order valence-corrected chi connectivity index (χ3v) is 2.36. The highest BCUT2D eigenvalue weighted by atomic mass is 19.4. The lowest BCUT2D eigenvalue weighted by Gasteiger charge is -2.26. The van der Waals surface area contributed by atoms with E-state index >= 15 is 0 Å². The molecule has 19 heavy (non-hydrogen) atoms. The number of carbonyl (C=O) groups excluding carboxylic acids is 1. The van der Waals surface area contributed by atoms with Gasteiger partial charge in [0, 0.05) is 25.6 Å². The van der Waals surface area contributed by atoms with Crippen LogP contribution in [0.1, 0.15) is 33.1 Å². The maximum Gasteiger partial charge on any atom is 0.389 e. The van der Waals surface area contributed by atoms with Crippen LogP contribution in [0.4, 0.5) is 18.0 Å². The number of carboxylic acids is 1. The van der Waals surface area contributed by atoms with Crippen molar-refractivity contribution in [2.45, 2.75) is 45.3 Å². The number of halogens is 3. The van der Waals surface area contributed by atoms with Crippen LogP contribution in [0, 0.1) is 0 Å². The lowest BCUT2D eigenvalue weighted by atomic mass is 10.3. The molecule has 0 aliphatic carbocycles. The first-order chi connectivity index (χ1) is 8.63. The van der Waals surface area contributed by atoms with Crippen LogP contribution in [0.2, 0.25) is 0 Å². The van der Waals surface area contributed by atoms with Gasteiger partial charge in [0.1, 0.15) is 0 Å². The summed E-state index contributed by atoms with van der Waals surface area (Å²) in [5.41, 5.74) is 0. The smallest absolute Gasteiger partial charge is 0.389 e. The van der Waals surface area contributed by atoms with E-state index in [4.69, 9.17) is 5.11 Å². The lowest BCUT2D eigenvalue weighted by Crippen LogP contribution is -2.45. The van der Waals surface area contributed by atoms with Crippen molar-refractivity contribution in [3.8, 4) is 0 Å². The number of hydrogen-bond acceptors (Lipinski definition) is 2. The standard InChI is InChI=1S/C11H19F3N2O3/c1-8(2)16(7-4-9(17)18)10(19)15-6-3-5-11(12,13)14/h8H,3-7H2,1-2H3,(H,15,19)(H,17,18). The SMILES string of the molecule is CC(C)N(CCC(=O)O)C(=O)NCCCC(F)(F)F. The Morgan fingerprint density at radius 3 is 2.32 bits per heavy atom. The van der Waals surface area contributed by atoms with Gasteiger partial charge in [0.15, 0.2) is 0 Å². The van der Waals surface area contributed by atoms with E-state index in [0.717, 1.165) is 0 Å². The van der Waals surface area contributed by atoms with Crippen LogP contribution >= 0.6 is 0 Å². The second kappa shape index (κ2) is 7.85. The van der Waals surface area contributed by atoms with Crippen molar-refractivity contribution in [2.24, 2.45) is 0 Å². The zero-order chi connectivity index (χ0) is 15.1. The zero-order valence-corrected chi connectivity index (χ0v) is 11.0. The molecule has 0 unspecified atom stereocenters. The fourth-order valence-electron chi connectivity index (χ4n) is 1.40. The molecule has 0 aromatic rings. The Hall–Kier alpha value is -1.47. The number of aliphatic carboxylic acids is 1. The van der Waals surface area contributed by atoms with Gasteiger partial charge < -0.3 is 15.3 Å². The van der Waals surface area contributed by atoms with Crippen LogP contribution in [0.15, 0.2) is 0 Å². The molecule has 0 bridgehead atoms. The van der Waals surface area contributed by atoms with Crippen molar-refractivity contribution in [1.29, 1.82) is 0 Å². The molecule has 0 atom stereocenters. The predicted molar refractivity (Wildman–Crippen MR) is 62.8 cm³/mol. The Kier molecular flexibility index (Phi) is 7.25. The molecule has 0 aromatic heterocycles. The molecule has 0 fully saturated rings. The van der Waals surface area contributed by atoms with Gasteiger partial charge in [-0.2, -0.15) is 13.2 Å². The Bertz CT molecular complexity index is 306. The number of carboxylic acid groups (broad SMARTS) is 1. The number of nitrogens with zero attached hydrogens (tertiary/aromatic N) is 1. The van der Waals surface area contributed by atoms with Crippen LogP contribution < -0.4 is 5.32 Å². The molecule has 0 saturated heterocycles. The highest BCUT2D eigenvalue weighted by Gasteiger charge is 2.26. The maximum absolute atomic E-state index is 11.9. The van der Waals surface area contributed by atoms with Crippen LogP contribution in [-0.2, 0) is 4.79 Å². The average Bonchev–Trinajstić information content (AvgIpc) is 2.22. The Labute approximate surface area is 109 Å². The minimum absolute atomic E-state index is 0.0259. The largest absolute Gasteiger partial charge is 0.481 e. The van der Waals surface area contributed by atoms with Crippen LogP contribution in [0.3, 0.4) is 0 Å². The Morgan fingerprint density at radius 1 is 1.32 bits per heavy atom. The molecule has 0 aromatic carbocycles. The molecule has 0 aliphatic heterocycles. The molecular formula is C11H19F3N2O3. The molecular weight excluding hydrogens is 265 g/mol. The van der Waals surface area contributed by atoms with Gasteiger partial charge in [-0.1, -0.05) is 0 Å². The van der Waals surface area contributed by atoms with Crippen molar-refractivity contribution in [3.05, 3.63) is 0 Å². The molecule has 0 radical (unpaired) electrons. The minimum Gasteiger partial charge on any atom is -0.481 e. The number of urea groups is 1. The van der Waals surface area contributed by atoms with Crippen molar-refractivity contribution in [3.63, 3.8) is 0 Å². The molecule has 112 valence electrons. The number of rotatable bonds is 7. The van der Waals surface area contributed by atoms with Crippen molar-refractivity contribution >= 4 is 12.0 Å². The fraction of sp³-hybridized carbons (Fsp3) is 0.818. The predicted octanol–water partition coefficient (Wildman–Crippen LogP) is 2.22. The van der Waals surface area contributed by atoms with Crippen molar-refractivity contribution < 1.29 is 27.9 Å². The van der Waals surface area contributed by atoms with Gasteiger partial charge in [0.05, 0.1) is 6.42 Å². The fourth-order valence-corrected chi connectivity index (χ4v) is 1.40. The highest BCUT2D eigenvalue weighted by Crippen LogP contribution is 2.20. The number of nitrogens with one attached hydrogen (secondary N) is 1. The van der Waals surface area contributed by atoms with Crippen LogP contribution in [0.5, 0.6) is 0 Å². The summed E-state index contributed by atoms with van der Waals surface area (Å²) in [5, 5.41) is 10.9. The van der Waals surface area contributed by atoms with E-state index in [1.54, 1.807) is 13.8 Å². The molecule has 0 spiro atoms. The highest BCUT2D eigenvalue weighted by molar-refractivity contribution is 5.75. The molecule has 2 amide bonds. The second-order valence-corrected chi connectivity index (χ2v) is 4.38. The van der Waals surface area contributed by atoms with Crippen molar-refractivity contribution in [2.75, 3.05) is 13.1 Å². The molecule has 2 N–H and O–H groups in total. The molecule has 8 heteroatoms. The van der Waals surface area contributed by atoms with Crippen LogP contribution in [0.25, 0.3) is 0 Å². The summed E-state index contributed by atoms with van der Waals surface area (Å²) in [4.78, 5) is 23.4. The monoisotopic (exact) mass is 284 g/mol. The van der Waals surface area contributed by atoms with E-state index < -0.39 is 24.6 Å². The summed E-state index contributed by atoms with van der Waals surface area (Å²) in [6.07, 6.45) is -5.58. The van der Waals surface area contributed by atoms with Gasteiger partial charge in [-0.05, 0) is 20.3 Å². The quantitative estimate of drug-likeness (QED) is 0.704. The van der Waals surface area contributed by atoms with Gasteiger partial charge in [-0.15, -0.1) is 0 Å². The first-order valence-electron chi connectivity index (χ1n) is 5.96. The minimum atomic E-state index is -4.23. The number of alkyl halides is 3. The summed E-state index contributed by atoms with van der Waals surface area (Å²) < 4.78 is 35.7. The average molecular weight is 284 g/mol. The molecule has 0 rings (SSSR count). The maximum atomic E-state index is 11.9. The van der Waals surface area contributed by atoms with Crippen molar-refractivity contribution in [1.82, 2.24) is 10.2 Å². The number of amides is 2. The van der Waals surface area contributed by atoms with Gasteiger partial charge in [0.2, 0.25) is 0 Å². The lowest BCUT2D eigenvalue weighted by molar-refractivity contribution is -0.137. The van der Waals surface area contributed by atoms with E-state index in [9.17, 15) is 22.8 Å². The van der Waals surface area contributed by atoms with E-state index in [2.05, 4.69) is 5.32 Å². The third kappa shape index (κ3) is 9.15. The number of hydrogen-bond donors (Lipinski definition) is 2. The Balaban J connectivity index is 4.08. The first kappa shape index (κ1) is 17.5. The second-order valence-electron chi connectivity index (χ2n) is 4.38. The topological polar surface area (TPSA) is 69.6 Å². The first-order valence-corrected chi connectivity index (χ1v) is 5.96. The zero-order valence-electron chi connectivity index (χ0n) is 11.0. The molecule has 0 aliphatic rings. The van der Waals surface area contributed by atoms with Gasteiger partial charge in [-0.3, -0.25) is 4.79 Å². The Morgan fingerprint density at radius 2 is 1.89 bits per heavy atom. The summed E-state index contributed by atoms with van der Waals surface area (Å²) >= 11 is 0. The molecule has 0 saturated carbocycles.